The molecule has 0 aromatic carbocycles. The van der Waals surface area contributed by atoms with E-state index in [2.05, 4.69) is 5.32 Å². The van der Waals surface area contributed by atoms with Crippen molar-refractivity contribution in [3.05, 3.63) is 0 Å². The summed E-state index contributed by atoms with van der Waals surface area (Å²) in [6, 6.07) is -0.707. The lowest BCUT2D eigenvalue weighted by atomic mass is 10.0. The molecule has 104 valence electrons. The largest absolute Gasteiger partial charge is 0.377 e. The van der Waals surface area contributed by atoms with Crippen molar-refractivity contribution in [1.29, 1.82) is 0 Å². The van der Waals surface area contributed by atoms with Crippen molar-refractivity contribution in [3.63, 3.8) is 0 Å². The first-order valence-corrected chi connectivity index (χ1v) is 6.31. The number of rotatable bonds is 4. The zero-order valence-electron chi connectivity index (χ0n) is 11.3. The number of nitrogens with zero attached hydrogens (tertiary/aromatic N) is 1. The van der Waals surface area contributed by atoms with Crippen LogP contribution in [-0.2, 0) is 14.3 Å². The maximum absolute atomic E-state index is 12.2. The van der Waals surface area contributed by atoms with E-state index in [1.165, 1.54) is 0 Å². The molecular formula is C12H23N3O3. The molecule has 6 nitrogen and oxygen atoms in total. The van der Waals surface area contributed by atoms with Crippen molar-refractivity contribution >= 4 is 11.8 Å². The number of amides is 2. The summed E-state index contributed by atoms with van der Waals surface area (Å²) in [5.41, 5.74) is 5.90. The Bertz CT molecular complexity index is 307. The minimum atomic E-state index is -0.532. The summed E-state index contributed by atoms with van der Waals surface area (Å²) >= 11 is 0. The molecule has 0 spiro atoms. The van der Waals surface area contributed by atoms with Gasteiger partial charge in [-0.1, -0.05) is 13.8 Å². The monoisotopic (exact) mass is 257 g/mol. The molecule has 1 heterocycles. The standard InChI is InChI=1S/C12H23N3O3/c1-8(2)9(13)6-11(16)15-4-5-18-7-10(15)12(17)14-3/h8-10H,4-7,13H2,1-3H3,(H,14,17). The van der Waals surface area contributed by atoms with Gasteiger partial charge in [0.05, 0.1) is 13.2 Å². The third kappa shape index (κ3) is 3.68. The summed E-state index contributed by atoms with van der Waals surface area (Å²) in [5, 5.41) is 2.55. The van der Waals surface area contributed by atoms with E-state index in [1.54, 1.807) is 11.9 Å². The van der Waals surface area contributed by atoms with E-state index >= 15 is 0 Å². The first kappa shape index (κ1) is 14.9. The molecule has 0 saturated carbocycles. The molecule has 0 bridgehead atoms. The van der Waals surface area contributed by atoms with Gasteiger partial charge in [0.1, 0.15) is 6.04 Å². The topological polar surface area (TPSA) is 84.7 Å². The van der Waals surface area contributed by atoms with Gasteiger partial charge in [-0.2, -0.15) is 0 Å². The van der Waals surface area contributed by atoms with Crippen LogP contribution >= 0.6 is 0 Å². The number of carbonyl (C=O) groups excluding carboxylic acids is 2. The van der Waals surface area contributed by atoms with Gasteiger partial charge in [-0.25, -0.2) is 0 Å². The first-order valence-electron chi connectivity index (χ1n) is 6.31. The van der Waals surface area contributed by atoms with Gasteiger partial charge in [0.2, 0.25) is 11.8 Å². The van der Waals surface area contributed by atoms with Crippen LogP contribution in [0.4, 0.5) is 0 Å². The van der Waals surface area contributed by atoms with E-state index in [1.807, 2.05) is 13.8 Å². The molecule has 1 aliphatic rings. The maximum atomic E-state index is 12.2. The molecular weight excluding hydrogens is 234 g/mol. The van der Waals surface area contributed by atoms with Gasteiger partial charge in [0, 0.05) is 26.1 Å². The zero-order chi connectivity index (χ0) is 13.7. The molecule has 1 rings (SSSR count). The highest BCUT2D eigenvalue weighted by Crippen LogP contribution is 2.12. The number of hydrogen-bond acceptors (Lipinski definition) is 4. The fourth-order valence-electron chi connectivity index (χ4n) is 1.84. The smallest absolute Gasteiger partial charge is 0.244 e. The summed E-state index contributed by atoms with van der Waals surface area (Å²) in [5.74, 6) is -0.0253. The van der Waals surface area contributed by atoms with E-state index in [0.29, 0.717) is 13.2 Å². The average Bonchev–Trinajstić information content (AvgIpc) is 2.37. The van der Waals surface area contributed by atoms with Crippen molar-refractivity contribution in [3.8, 4) is 0 Å². The van der Waals surface area contributed by atoms with Crippen LogP contribution in [0.1, 0.15) is 20.3 Å². The Kier molecular flexibility index (Phi) is 5.55. The van der Waals surface area contributed by atoms with Crippen molar-refractivity contribution in [2.45, 2.75) is 32.4 Å². The molecule has 2 atom stereocenters. The SMILES string of the molecule is CNC(=O)C1COCCN1C(=O)CC(N)C(C)C. The van der Waals surface area contributed by atoms with Crippen LogP contribution in [0.3, 0.4) is 0 Å². The predicted molar refractivity (Wildman–Crippen MR) is 67.8 cm³/mol. The van der Waals surface area contributed by atoms with E-state index < -0.39 is 6.04 Å². The Morgan fingerprint density at radius 2 is 2.17 bits per heavy atom. The Hall–Kier alpha value is -1.14. The molecule has 0 aromatic heterocycles. The highest BCUT2D eigenvalue weighted by Gasteiger charge is 2.32. The molecule has 18 heavy (non-hydrogen) atoms. The lowest BCUT2D eigenvalue weighted by molar-refractivity contribution is -0.148. The quantitative estimate of drug-likeness (QED) is 0.700. The van der Waals surface area contributed by atoms with Gasteiger partial charge in [-0.15, -0.1) is 0 Å². The van der Waals surface area contributed by atoms with Crippen LogP contribution in [0.2, 0.25) is 0 Å². The van der Waals surface area contributed by atoms with Gasteiger partial charge < -0.3 is 20.7 Å². The third-order valence-corrected chi connectivity index (χ3v) is 3.26. The number of carbonyl (C=O) groups is 2. The summed E-state index contributed by atoms with van der Waals surface area (Å²) in [7, 11) is 1.56. The van der Waals surface area contributed by atoms with Crippen LogP contribution in [0.15, 0.2) is 0 Å². The molecule has 1 fully saturated rings. The highest BCUT2D eigenvalue weighted by molar-refractivity contribution is 5.88. The number of hydrogen-bond donors (Lipinski definition) is 2. The minimum absolute atomic E-state index is 0.0758. The van der Waals surface area contributed by atoms with Gasteiger partial charge in [-0.05, 0) is 5.92 Å². The molecule has 3 N–H and O–H groups in total. The molecule has 2 amide bonds. The number of likely N-dealkylation sites (N-methyl/N-ethyl adjacent to an activating group) is 1. The lowest BCUT2D eigenvalue weighted by Gasteiger charge is -2.35. The normalized spacial score (nSPS) is 21.8. The molecule has 0 radical (unpaired) electrons. The van der Waals surface area contributed by atoms with Gasteiger partial charge in [-0.3, -0.25) is 9.59 Å². The lowest BCUT2D eigenvalue weighted by Crippen LogP contribution is -2.56. The zero-order valence-corrected chi connectivity index (χ0v) is 11.3. The first-order chi connectivity index (χ1) is 8.47. The molecule has 0 aromatic rings. The van der Waals surface area contributed by atoms with Crippen LogP contribution in [-0.4, -0.2) is 55.6 Å². The van der Waals surface area contributed by atoms with Crippen LogP contribution in [0.25, 0.3) is 0 Å². The Balaban J connectivity index is 2.65. The average molecular weight is 257 g/mol. The molecule has 6 heteroatoms. The summed E-state index contributed by atoms with van der Waals surface area (Å²) in [6.07, 6.45) is 0.269. The number of ether oxygens (including phenoxy) is 1. The molecule has 1 aliphatic heterocycles. The number of morpholine rings is 1. The molecule has 1 saturated heterocycles. The Labute approximate surface area is 108 Å². The van der Waals surface area contributed by atoms with E-state index in [-0.39, 0.29) is 36.8 Å². The predicted octanol–water partition coefficient (Wildman–Crippen LogP) is -0.667. The minimum Gasteiger partial charge on any atom is -0.377 e. The second kappa shape index (κ2) is 6.70. The van der Waals surface area contributed by atoms with Gasteiger partial charge in [0.15, 0.2) is 0 Å². The van der Waals surface area contributed by atoms with Crippen molar-refractivity contribution in [2.24, 2.45) is 11.7 Å². The molecule has 0 aliphatic carbocycles. The summed E-state index contributed by atoms with van der Waals surface area (Å²) in [6.45, 7) is 5.13. The second-order valence-electron chi connectivity index (χ2n) is 4.90. The fourth-order valence-corrected chi connectivity index (χ4v) is 1.84. The Morgan fingerprint density at radius 3 is 2.72 bits per heavy atom. The number of nitrogens with one attached hydrogen (secondary N) is 1. The molecule has 2 unspecified atom stereocenters. The van der Waals surface area contributed by atoms with Crippen molar-refractivity contribution < 1.29 is 14.3 Å². The summed E-state index contributed by atoms with van der Waals surface area (Å²) < 4.78 is 5.25. The highest BCUT2D eigenvalue weighted by atomic mass is 16.5. The van der Waals surface area contributed by atoms with E-state index in [0.717, 1.165) is 0 Å². The third-order valence-electron chi connectivity index (χ3n) is 3.26. The van der Waals surface area contributed by atoms with Crippen LogP contribution in [0.5, 0.6) is 0 Å². The van der Waals surface area contributed by atoms with Gasteiger partial charge in [0.25, 0.3) is 0 Å². The van der Waals surface area contributed by atoms with E-state index in [9.17, 15) is 9.59 Å². The maximum Gasteiger partial charge on any atom is 0.244 e. The second-order valence-corrected chi connectivity index (χ2v) is 4.90. The number of nitrogens with two attached hydrogens (primary N) is 1. The van der Waals surface area contributed by atoms with Gasteiger partial charge >= 0.3 is 0 Å². The van der Waals surface area contributed by atoms with E-state index in [4.69, 9.17) is 10.5 Å². The fraction of sp³-hybridized carbons (Fsp3) is 0.833. The Morgan fingerprint density at radius 1 is 1.50 bits per heavy atom. The van der Waals surface area contributed by atoms with Crippen LogP contribution < -0.4 is 11.1 Å². The van der Waals surface area contributed by atoms with Crippen molar-refractivity contribution in [1.82, 2.24) is 10.2 Å². The van der Waals surface area contributed by atoms with Crippen molar-refractivity contribution in [2.75, 3.05) is 26.8 Å². The van der Waals surface area contributed by atoms with Crippen LogP contribution in [0, 0.1) is 5.92 Å². The summed E-state index contributed by atoms with van der Waals surface area (Å²) in [4.78, 5) is 25.4.